The van der Waals surface area contributed by atoms with E-state index in [-0.39, 0.29) is 5.56 Å². The van der Waals surface area contributed by atoms with E-state index < -0.39 is 0 Å². The summed E-state index contributed by atoms with van der Waals surface area (Å²) in [6.07, 6.45) is 3.79. The molecule has 80 valence electrons. The maximum atomic E-state index is 11.7. The molecule has 1 aromatic heterocycles. The molecule has 0 amide bonds. The van der Waals surface area contributed by atoms with Gasteiger partial charge in [-0.05, 0) is 42.4 Å². The lowest BCUT2D eigenvalue weighted by Gasteiger charge is -2.05. The zero-order valence-corrected chi connectivity index (χ0v) is 10.7. The van der Waals surface area contributed by atoms with Crippen LogP contribution in [0.3, 0.4) is 0 Å². The molecule has 1 rings (SSSR count). The summed E-state index contributed by atoms with van der Waals surface area (Å²) in [6.45, 7) is 2.47. The van der Waals surface area contributed by atoms with Gasteiger partial charge in [-0.2, -0.15) is 5.26 Å². The molecule has 0 aliphatic carbocycles. The fourth-order valence-corrected chi connectivity index (χ4v) is 1.64. The van der Waals surface area contributed by atoms with E-state index in [0.29, 0.717) is 16.5 Å². The lowest BCUT2D eigenvalue weighted by atomic mass is 10.2. The van der Waals surface area contributed by atoms with Crippen LogP contribution in [0, 0.1) is 21.8 Å². The number of aromatic nitrogens is 2. The second-order valence-corrected chi connectivity index (χ2v) is 4.34. The Hall–Kier alpha value is -0.900. The van der Waals surface area contributed by atoms with Gasteiger partial charge < -0.3 is 0 Å². The topological polar surface area (TPSA) is 58.7 Å². The lowest BCUT2D eigenvalue weighted by Crippen LogP contribution is -2.24. The quantitative estimate of drug-likeness (QED) is 0.629. The molecule has 1 aromatic rings. The molecule has 0 atom stereocenters. The molecule has 0 aliphatic heterocycles. The zero-order valence-electron chi connectivity index (χ0n) is 8.53. The van der Waals surface area contributed by atoms with E-state index in [2.05, 4.69) is 11.1 Å². The van der Waals surface area contributed by atoms with Crippen LogP contribution in [-0.2, 0) is 6.54 Å². The fourth-order valence-electron chi connectivity index (χ4n) is 1.19. The zero-order chi connectivity index (χ0) is 11.3. The van der Waals surface area contributed by atoms with Crippen molar-refractivity contribution in [2.45, 2.75) is 32.7 Å². The first-order valence-corrected chi connectivity index (χ1v) is 5.83. The van der Waals surface area contributed by atoms with Crippen LogP contribution in [0.25, 0.3) is 0 Å². The van der Waals surface area contributed by atoms with Crippen molar-refractivity contribution < 1.29 is 0 Å². The van der Waals surface area contributed by atoms with Crippen molar-refractivity contribution in [2.75, 3.05) is 0 Å². The molecule has 4 nitrogen and oxygen atoms in total. The Morgan fingerprint density at radius 1 is 1.60 bits per heavy atom. The van der Waals surface area contributed by atoms with Crippen molar-refractivity contribution >= 4 is 22.6 Å². The van der Waals surface area contributed by atoms with E-state index in [0.717, 1.165) is 18.5 Å². The van der Waals surface area contributed by atoms with Gasteiger partial charge in [-0.15, -0.1) is 0 Å². The normalized spacial score (nSPS) is 9.93. The molecule has 0 aliphatic rings. The molecular formula is C10H12IN3O. The van der Waals surface area contributed by atoms with E-state index in [4.69, 9.17) is 5.26 Å². The number of unbranched alkanes of at least 4 members (excludes halogenated alkanes) is 2. The summed E-state index contributed by atoms with van der Waals surface area (Å²) >= 11 is 2.01. The Labute approximate surface area is 102 Å². The third-order valence-electron chi connectivity index (χ3n) is 2.09. The van der Waals surface area contributed by atoms with E-state index in [9.17, 15) is 4.79 Å². The van der Waals surface area contributed by atoms with Gasteiger partial charge in [0.2, 0.25) is 0 Å². The van der Waals surface area contributed by atoms with Crippen molar-refractivity contribution in [1.82, 2.24) is 9.55 Å². The van der Waals surface area contributed by atoms with Crippen LogP contribution in [0.2, 0.25) is 0 Å². The van der Waals surface area contributed by atoms with Gasteiger partial charge in [-0.25, -0.2) is 4.98 Å². The van der Waals surface area contributed by atoms with Crippen molar-refractivity contribution in [3.8, 4) is 6.07 Å². The van der Waals surface area contributed by atoms with Crippen molar-refractivity contribution in [3.05, 3.63) is 25.9 Å². The largest absolute Gasteiger partial charge is 0.298 e. The Morgan fingerprint density at radius 3 is 3.00 bits per heavy atom. The maximum Gasteiger partial charge on any atom is 0.266 e. The van der Waals surface area contributed by atoms with Crippen LogP contribution in [0.1, 0.15) is 25.0 Å². The highest BCUT2D eigenvalue weighted by molar-refractivity contribution is 14.1. The second kappa shape index (κ2) is 5.85. The van der Waals surface area contributed by atoms with Crippen LogP contribution in [-0.4, -0.2) is 9.55 Å². The van der Waals surface area contributed by atoms with Gasteiger partial charge in [-0.3, -0.25) is 9.36 Å². The van der Waals surface area contributed by atoms with E-state index in [1.54, 1.807) is 10.9 Å². The van der Waals surface area contributed by atoms with Gasteiger partial charge in [0.1, 0.15) is 0 Å². The predicted molar refractivity (Wildman–Crippen MR) is 65.4 cm³/mol. The fraction of sp³-hybridized carbons (Fsp3) is 0.500. The van der Waals surface area contributed by atoms with Crippen LogP contribution in [0.4, 0.5) is 0 Å². The predicted octanol–water partition coefficient (Wildman–Crippen LogP) is 1.85. The first-order chi connectivity index (χ1) is 7.16. The van der Waals surface area contributed by atoms with Crippen LogP contribution in [0.15, 0.2) is 11.1 Å². The SMILES string of the molecule is Cc1ncn(CCCCC#N)c(=O)c1I. The maximum absolute atomic E-state index is 11.7. The minimum absolute atomic E-state index is 0.0139. The molecule has 0 unspecified atom stereocenters. The average Bonchev–Trinajstić information content (AvgIpc) is 2.24. The summed E-state index contributed by atoms with van der Waals surface area (Å²) < 4.78 is 2.28. The molecule has 0 fully saturated rings. The number of nitriles is 1. The molecule has 0 bridgehead atoms. The number of aryl methyl sites for hydroxylation is 2. The smallest absolute Gasteiger partial charge is 0.266 e. The van der Waals surface area contributed by atoms with Gasteiger partial charge in [-0.1, -0.05) is 0 Å². The number of hydrogen-bond acceptors (Lipinski definition) is 3. The summed E-state index contributed by atoms with van der Waals surface area (Å²) in [6, 6.07) is 2.08. The van der Waals surface area contributed by atoms with Crippen molar-refractivity contribution in [2.24, 2.45) is 0 Å². The molecule has 0 saturated carbocycles. The third kappa shape index (κ3) is 3.30. The summed E-state index contributed by atoms with van der Waals surface area (Å²) in [7, 11) is 0. The monoisotopic (exact) mass is 317 g/mol. The van der Waals surface area contributed by atoms with Gasteiger partial charge in [0, 0.05) is 13.0 Å². The van der Waals surface area contributed by atoms with Crippen molar-refractivity contribution in [3.63, 3.8) is 0 Å². The summed E-state index contributed by atoms with van der Waals surface area (Å²) in [5, 5.41) is 8.37. The van der Waals surface area contributed by atoms with Gasteiger partial charge in [0.25, 0.3) is 5.56 Å². The molecule has 1 heterocycles. The Kier molecular flexibility index (Phi) is 4.75. The number of halogens is 1. The average molecular weight is 317 g/mol. The van der Waals surface area contributed by atoms with Crippen LogP contribution < -0.4 is 5.56 Å². The van der Waals surface area contributed by atoms with Crippen LogP contribution in [0.5, 0.6) is 0 Å². The van der Waals surface area contributed by atoms with Gasteiger partial charge >= 0.3 is 0 Å². The minimum Gasteiger partial charge on any atom is -0.298 e. The van der Waals surface area contributed by atoms with Crippen LogP contribution >= 0.6 is 22.6 Å². The molecule has 5 heteroatoms. The summed E-state index contributed by atoms with van der Waals surface area (Å²) in [4.78, 5) is 15.8. The number of nitrogens with zero attached hydrogens (tertiary/aromatic N) is 3. The molecular weight excluding hydrogens is 305 g/mol. The molecule has 15 heavy (non-hydrogen) atoms. The van der Waals surface area contributed by atoms with E-state index >= 15 is 0 Å². The van der Waals surface area contributed by atoms with Crippen molar-refractivity contribution in [1.29, 1.82) is 5.26 Å². The summed E-state index contributed by atoms with van der Waals surface area (Å²) in [5.74, 6) is 0. The minimum atomic E-state index is 0.0139. The highest BCUT2D eigenvalue weighted by Crippen LogP contribution is 2.02. The lowest BCUT2D eigenvalue weighted by molar-refractivity contribution is 0.586. The Balaban J connectivity index is 2.67. The highest BCUT2D eigenvalue weighted by Gasteiger charge is 2.04. The van der Waals surface area contributed by atoms with Gasteiger partial charge in [0.15, 0.2) is 0 Å². The van der Waals surface area contributed by atoms with E-state index in [1.165, 1.54) is 0 Å². The second-order valence-electron chi connectivity index (χ2n) is 3.26. The molecule has 0 N–H and O–H groups in total. The first-order valence-electron chi connectivity index (χ1n) is 4.75. The standard InChI is InChI=1S/C10H12IN3O/c1-8-9(11)10(15)14(7-13-8)6-4-2-3-5-12/h7H,2-4,6H2,1H3. The molecule has 0 saturated heterocycles. The number of hydrogen-bond donors (Lipinski definition) is 0. The first kappa shape index (κ1) is 12.2. The molecule has 0 aromatic carbocycles. The van der Waals surface area contributed by atoms with Gasteiger partial charge in [0.05, 0.1) is 21.7 Å². The number of rotatable bonds is 4. The summed E-state index contributed by atoms with van der Waals surface area (Å²) in [5.41, 5.74) is 0.786. The highest BCUT2D eigenvalue weighted by atomic mass is 127. The van der Waals surface area contributed by atoms with E-state index in [1.807, 2.05) is 29.5 Å². The molecule has 0 radical (unpaired) electrons. The molecule has 0 spiro atoms. The third-order valence-corrected chi connectivity index (χ3v) is 3.34. The Bertz CT molecular complexity index is 433. The Morgan fingerprint density at radius 2 is 2.33 bits per heavy atom.